The fourth-order valence-electron chi connectivity index (χ4n) is 1.68. The summed E-state index contributed by atoms with van der Waals surface area (Å²) in [5, 5.41) is 2.85. The Morgan fingerprint density at radius 3 is 3.00 bits per heavy atom. The molecule has 2 aromatic rings. The van der Waals surface area contributed by atoms with E-state index in [-0.39, 0.29) is 5.91 Å². The van der Waals surface area contributed by atoms with E-state index in [1.165, 1.54) is 0 Å². The normalized spacial score (nSPS) is 10.4. The van der Waals surface area contributed by atoms with Crippen LogP contribution in [0.3, 0.4) is 0 Å². The average Bonchev–Trinajstić information content (AvgIpc) is 2.81. The maximum absolute atomic E-state index is 11.7. The largest absolute Gasteiger partial charge is 0.383 e. The second kappa shape index (κ2) is 6.29. The molecule has 100 valence electrons. The third-order valence-corrected chi connectivity index (χ3v) is 3.82. The number of hydrogen-bond donors (Lipinski definition) is 2. The molecule has 0 fully saturated rings. The minimum absolute atomic E-state index is 0.0102. The minimum atomic E-state index is 0.0102. The van der Waals surface area contributed by atoms with Crippen LogP contribution in [0, 0.1) is 6.92 Å². The van der Waals surface area contributed by atoms with Crippen LogP contribution < -0.4 is 11.1 Å². The number of carbonyl (C=O) groups excluding carboxylic acids is 1. The molecule has 0 unspecified atom stereocenters. The summed E-state index contributed by atoms with van der Waals surface area (Å²) in [6, 6.07) is 3.66. The summed E-state index contributed by atoms with van der Waals surface area (Å²) in [5.41, 5.74) is 9.36. The van der Waals surface area contributed by atoms with Gasteiger partial charge < -0.3 is 11.1 Å². The molecule has 0 aliphatic heterocycles. The molecule has 3 N–H and O–H groups in total. The zero-order chi connectivity index (χ0) is 13.7. The Morgan fingerprint density at radius 2 is 2.32 bits per heavy atom. The number of nitrogen functional groups attached to an aromatic ring is 1. The first-order valence-corrected chi connectivity index (χ1v) is 6.90. The molecule has 1 amide bonds. The van der Waals surface area contributed by atoms with E-state index in [2.05, 4.69) is 15.3 Å². The van der Waals surface area contributed by atoms with E-state index < -0.39 is 0 Å². The van der Waals surface area contributed by atoms with Crippen molar-refractivity contribution in [1.82, 2.24) is 15.3 Å². The number of carbonyl (C=O) groups is 1. The summed E-state index contributed by atoms with van der Waals surface area (Å²) < 4.78 is 0. The second-order valence-corrected chi connectivity index (χ2v) is 5.12. The van der Waals surface area contributed by atoms with E-state index in [0.717, 1.165) is 22.6 Å². The fraction of sp³-hybridized carbons (Fsp3) is 0.308. The molecule has 0 aliphatic rings. The maximum atomic E-state index is 11.7. The van der Waals surface area contributed by atoms with E-state index in [1.807, 2.05) is 13.0 Å². The maximum Gasteiger partial charge on any atom is 0.220 e. The molecule has 0 atom stereocenters. The molecule has 0 saturated carbocycles. The zero-order valence-corrected chi connectivity index (χ0v) is 11.5. The summed E-state index contributed by atoms with van der Waals surface area (Å²) in [4.78, 5) is 21.0. The molecule has 6 heteroatoms. The average molecular weight is 276 g/mol. The van der Waals surface area contributed by atoms with Gasteiger partial charge in [-0.2, -0.15) is 0 Å². The van der Waals surface area contributed by atoms with Crippen LogP contribution in [0.25, 0.3) is 0 Å². The van der Waals surface area contributed by atoms with Crippen molar-refractivity contribution in [2.75, 3.05) is 5.73 Å². The number of nitrogens with zero attached hydrogens (tertiary/aromatic N) is 2. The summed E-state index contributed by atoms with van der Waals surface area (Å²) in [6.45, 7) is 2.38. The van der Waals surface area contributed by atoms with Gasteiger partial charge in [0.1, 0.15) is 5.82 Å². The van der Waals surface area contributed by atoms with Gasteiger partial charge in [-0.15, -0.1) is 11.3 Å². The molecule has 5 nitrogen and oxygen atoms in total. The van der Waals surface area contributed by atoms with Gasteiger partial charge in [0.05, 0.1) is 11.2 Å². The SMILES string of the molecule is Cc1ncsc1CCC(=O)NCc1cccnc1N. The lowest BCUT2D eigenvalue weighted by Gasteiger charge is -2.06. The summed E-state index contributed by atoms with van der Waals surface area (Å²) >= 11 is 1.59. The van der Waals surface area contributed by atoms with Crippen molar-refractivity contribution in [2.24, 2.45) is 0 Å². The molecule has 0 radical (unpaired) electrons. The number of amides is 1. The molecule has 0 aromatic carbocycles. The molecule has 0 spiro atoms. The number of nitrogens with one attached hydrogen (secondary N) is 1. The third-order valence-electron chi connectivity index (χ3n) is 2.83. The lowest BCUT2D eigenvalue weighted by Crippen LogP contribution is -2.23. The monoisotopic (exact) mass is 276 g/mol. The van der Waals surface area contributed by atoms with Gasteiger partial charge in [0.25, 0.3) is 0 Å². The number of anilines is 1. The standard InChI is InChI=1S/C13H16N4OS/c1-9-11(19-8-17-9)4-5-12(18)16-7-10-3-2-6-15-13(10)14/h2-3,6,8H,4-5,7H2,1H3,(H2,14,15)(H,16,18). The van der Waals surface area contributed by atoms with Gasteiger partial charge in [0, 0.05) is 29.6 Å². The van der Waals surface area contributed by atoms with E-state index in [1.54, 1.807) is 29.1 Å². The van der Waals surface area contributed by atoms with Crippen LogP contribution in [-0.4, -0.2) is 15.9 Å². The van der Waals surface area contributed by atoms with E-state index in [9.17, 15) is 4.79 Å². The van der Waals surface area contributed by atoms with E-state index in [4.69, 9.17) is 5.73 Å². The van der Waals surface area contributed by atoms with Crippen LogP contribution in [0.15, 0.2) is 23.8 Å². The summed E-state index contributed by atoms with van der Waals surface area (Å²) in [6.07, 6.45) is 2.82. The Morgan fingerprint density at radius 1 is 1.47 bits per heavy atom. The van der Waals surface area contributed by atoms with Crippen molar-refractivity contribution in [1.29, 1.82) is 0 Å². The van der Waals surface area contributed by atoms with Gasteiger partial charge in [-0.05, 0) is 19.4 Å². The fourth-order valence-corrected chi connectivity index (χ4v) is 2.46. The number of nitrogens with two attached hydrogens (primary N) is 1. The predicted molar refractivity (Wildman–Crippen MR) is 75.7 cm³/mol. The van der Waals surface area contributed by atoms with Crippen LogP contribution in [-0.2, 0) is 17.8 Å². The molecule has 0 saturated heterocycles. The molecule has 2 heterocycles. The second-order valence-electron chi connectivity index (χ2n) is 4.19. The van der Waals surface area contributed by atoms with Gasteiger partial charge in [0.15, 0.2) is 0 Å². The Hall–Kier alpha value is -1.95. The van der Waals surface area contributed by atoms with Gasteiger partial charge in [-0.3, -0.25) is 4.79 Å². The number of aromatic nitrogens is 2. The highest BCUT2D eigenvalue weighted by Crippen LogP contribution is 2.14. The predicted octanol–water partition coefficient (Wildman–Crippen LogP) is 1.68. The van der Waals surface area contributed by atoms with E-state index >= 15 is 0 Å². The van der Waals surface area contributed by atoms with Gasteiger partial charge in [-0.1, -0.05) is 6.07 Å². The molecular weight excluding hydrogens is 260 g/mol. The van der Waals surface area contributed by atoms with Crippen LogP contribution >= 0.6 is 11.3 Å². The van der Waals surface area contributed by atoms with Crippen molar-refractivity contribution < 1.29 is 4.79 Å². The van der Waals surface area contributed by atoms with Crippen LogP contribution in [0.4, 0.5) is 5.82 Å². The first-order chi connectivity index (χ1) is 9.16. The highest BCUT2D eigenvalue weighted by Gasteiger charge is 2.07. The van der Waals surface area contributed by atoms with Crippen molar-refractivity contribution in [2.45, 2.75) is 26.3 Å². The number of hydrogen-bond acceptors (Lipinski definition) is 5. The first-order valence-electron chi connectivity index (χ1n) is 6.02. The Kier molecular flexibility index (Phi) is 4.46. The minimum Gasteiger partial charge on any atom is -0.383 e. The van der Waals surface area contributed by atoms with Crippen molar-refractivity contribution in [3.05, 3.63) is 40.0 Å². The topological polar surface area (TPSA) is 80.9 Å². The van der Waals surface area contributed by atoms with Crippen LogP contribution in [0.1, 0.15) is 22.6 Å². The Bertz CT molecular complexity index is 567. The lowest BCUT2D eigenvalue weighted by atomic mass is 10.2. The number of thiazole rings is 1. The van der Waals surface area contributed by atoms with Crippen LogP contribution in [0.5, 0.6) is 0 Å². The molecular formula is C13H16N4OS. The lowest BCUT2D eigenvalue weighted by molar-refractivity contribution is -0.121. The molecule has 2 rings (SSSR count). The number of pyridine rings is 1. The quantitative estimate of drug-likeness (QED) is 0.870. The van der Waals surface area contributed by atoms with Crippen molar-refractivity contribution >= 4 is 23.1 Å². The highest BCUT2D eigenvalue weighted by atomic mass is 32.1. The first kappa shape index (κ1) is 13.5. The summed E-state index contributed by atoms with van der Waals surface area (Å²) in [7, 11) is 0. The Labute approximate surface area is 115 Å². The number of aryl methyl sites for hydroxylation is 2. The molecule has 0 aliphatic carbocycles. The third kappa shape index (κ3) is 3.75. The molecule has 2 aromatic heterocycles. The molecule has 19 heavy (non-hydrogen) atoms. The van der Waals surface area contributed by atoms with E-state index in [0.29, 0.717) is 18.8 Å². The van der Waals surface area contributed by atoms with Crippen molar-refractivity contribution in [3.63, 3.8) is 0 Å². The number of rotatable bonds is 5. The van der Waals surface area contributed by atoms with Gasteiger partial charge in [-0.25, -0.2) is 9.97 Å². The Balaban J connectivity index is 1.79. The zero-order valence-electron chi connectivity index (χ0n) is 10.7. The van der Waals surface area contributed by atoms with Crippen molar-refractivity contribution in [3.8, 4) is 0 Å². The summed E-state index contributed by atoms with van der Waals surface area (Å²) in [5.74, 6) is 0.470. The smallest absolute Gasteiger partial charge is 0.220 e. The van der Waals surface area contributed by atoms with Gasteiger partial charge >= 0.3 is 0 Å². The highest BCUT2D eigenvalue weighted by molar-refractivity contribution is 7.09. The molecule has 0 bridgehead atoms. The van der Waals surface area contributed by atoms with Gasteiger partial charge in [0.2, 0.25) is 5.91 Å². The van der Waals surface area contributed by atoms with Crippen LogP contribution in [0.2, 0.25) is 0 Å².